The molecule has 0 aliphatic rings. The number of carbonyl (C=O) groups excluding carboxylic acids is 2. The van der Waals surface area contributed by atoms with E-state index in [1.54, 1.807) is 32.9 Å². The van der Waals surface area contributed by atoms with Gasteiger partial charge in [0.2, 0.25) is 0 Å². The number of rotatable bonds is 4. The molecule has 2 rings (SSSR count). The van der Waals surface area contributed by atoms with Crippen molar-refractivity contribution >= 4 is 20.9 Å². The maximum atomic E-state index is 13.2. The predicted molar refractivity (Wildman–Crippen MR) is 107 cm³/mol. The van der Waals surface area contributed by atoms with E-state index in [9.17, 15) is 9.59 Å². The number of esters is 1. The highest BCUT2D eigenvalue weighted by Crippen LogP contribution is 2.27. The Morgan fingerprint density at radius 2 is 1.38 bits per heavy atom. The highest BCUT2D eigenvalue weighted by atomic mass is 31.0. The molecule has 0 fully saturated rings. The number of aryl methyl sites for hydroxylation is 2. The van der Waals surface area contributed by atoms with Crippen LogP contribution < -0.4 is 0 Å². The van der Waals surface area contributed by atoms with Gasteiger partial charge in [-0.2, -0.15) is 0 Å². The molecular weight excluding hydrogens is 347 g/mol. The molecule has 0 saturated carbocycles. The van der Waals surface area contributed by atoms with Crippen LogP contribution in [0.4, 0.5) is 0 Å². The van der Waals surface area contributed by atoms with Crippen molar-refractivity contribution in [2.24, 2.45) is 0 Å². The van der Waals surface area contributed by atoms with Crippen LogP contribution in [0.5, 0.6) is 0 Å². The Kier molecular flexibility index (Phi) is 7.98. The van der Waals surface area contributed by atoms with Crippen LogP contribution in [0.15, 0.2) is 48.5 Å². The Morgan fingerprint density at radius 3 is 1.85 bits per heavy atom. The second-order valence-electron chi connectivity index (χ2n) is 7.01. The first kappa shape index (κ1) is 21.9. The first-order valence-corrected chi connectivity index (χ1v) is 8.95. The van der Waals surface area contributed by atoms with Gasteiger partial charge >= 0.3 is 5.97 Å². The normalized spacial score (nSPS) is 11.9. The third-order valence-electron chi connectivity index (χ3n) is 3.77. The Bertz CT molecular complexity index is 743. The van der Waals surface area contributed by atoms with Crippen LogP contribution in [0.3, 0.4) is 0 Å². The minimum Gasteiger partial charge on any atom is -0.459 e. The maximum Gasteiger partial charge on any atom is 0.321 e. The summed E-state index contributed by atoms with van der Waals surface area (Å²) < 4.78 is 13.8. The van der Waals surface area contributed by atoms with Gasteiger partial charge in [0.1, 0.15) is 11.5 Å². The topological polar surface area (TPSA) is 60.4 Å². The van der Waals surface area contributed by atoms with E-state index < -0.39 is 17.5 Å². The molecule has 0 N–H and O–H groups in total. The average Bonchev–Trinajstić information content (AvgIpc) is 2.56. The average molecular weight is 374 g/mol. The van der Waals surface area contributed by atoms with Crippen molar-refractivity contribution in [2.75, 3.05) is 0 Å². The quantitative estimate of drug-likeness (QED) is 0.341. The van der Waals surface area contributed by atoms with Gasteiger partial charge < -0.3 is 9.30 Å². The molecule has 0 aliphatic carbocycles. The summed E-state index contributed by atoms with van der Waals surface area (Å²) in [7, 11) is 0.611. The summed E-state index contributed by atoms with van der Waals surface area (Å²) in [6.45, 7) is 9.18. The molecule has 2 atom stereocenters. The van der Waals surface area contributed by atoms with E-state index in [-0.39, 0.29) is 5.78 Å². The summed E-state index contributed by atoms with van der Waals surface area (Å²) in [6.07, 6.45) is 0. The lowest BCUT2D eigenvalue weighted by atomic mass is 9.86. The van der Waals surface area contributed by atoms with E-state index in [1.807, 2.05) is 50.2 Å². The highest BCUT2D eigenvalue weighted by Gasteiger charge is 2.34. The van der Waals surface area contributed by atoms with Gasteiger partial charge in [-0.25, -0.2) is 0 Å². The summed E-state index contributed by atoms with van der Waals surface area (Å²) in [6, 6.07) is 14.8. The largest absolute Gasteiger partial charge is 0.459 e. The van der Waals surface area contributed by atoms with E-state index in [2.05, 4.69) is 0 Å². The predicted octanol–water partition coefficient (Wildman–Crippen LogP) is 4.55. The van der Waals surface area contributed by atoms with Crippen LogP contribution in [0, 0.1) is 13.8 Å². The minimum atomic E-state index is -0.953. The first-order chi connectivity index (χ1) is 12.2. The SMILES string of the molecule is Cc1cccc(C)c1C(=O)C(C(=O)OC(C)(C)C)c1ccccc1.O=[PH3]. The first-order valence-electron chi connectivity index (χ1n) is 8.38. The molecule has 5 heteroatoms. The molecule has 2 aromatic carbocycles. The summed E-state index contributed by atoms with van der Waals surface area (Å²) in [5.41, 5.74) is 2.33. The molecule has 140 valence electrons. The van der Waals surface area contributed by atoms with Crippen LogP contribution >= 0.6 is 9.12 Å². The molecule has 0 spiro atoms. The van der Waals surface area contributed by atoms with E-state index in [0.717, 1.165) is 11.1 Å². The van der Waals surface area contributed by atoms with Crippen LogP contribution in [0.2, 0.25) is 0 Å². The molecule has 0 radical (unpaired) electrons. The molecule has 2 aromatic rings. The fourth-order valence-electron chi connectivity index (χ4n) is 2.75. The van der Waals surface area contributed by atoms with Gasteiger partial charge in [0, 0.05) is 5.56 Å². The molecule has 2 unspecified atom stereocenters. The van der Waals surface area contributed by atoms with E-state index in [1.165, 1.54) is 0 Å². The number of Topliss-reactive ketones (excluding diaryl/α,β-unsaturated/α-hetero) is 1. The monoisotopic (exact) mass is 374 g/mol. The number of hydrogen-bond acceptors (Lipinski definition) is 4. The number of ether oxygens (including phenoxy) is 1. The standard InChI is InChI=1S/C21H24O3.H3OP/c1-14-10-9-11-15(2)17(14)19(22)18(16-12-7-6-8-13-16)20(23)24-21(3,4)5;1-2/h6-13,18H,1-5H3;2H3. The van der Waals surface area contributed by atoms with Crippen LogP contribution in [-0.4, -0.2) is 17.4 Å². The number of benzene rings is 2. The third kappa shape index (κ3) is 5.67. The van der Waals surface area contributed by atoms with Gasteiger partial charge in [-0.05, 0) is 51.3 Å². The Hall–Kier alpha value is -2.19. The Balaban J connectivity index is 0.00000163. The van der Waals surface area contributed by atoms with Crippen molar-refractivity contribution in [2.45, 2.75) is 46.1 Å². The molecule has 0 amide bonds. The summed E-state index contributed by atoms with van der Waals surface area (Å²) in [5.74, 6) is -1.68. The second kappa shape index (κ2) is 9.49. The van der Waals surface area contributed by atoms with E-state index >= 15 is 0 Å². The zero-order chi connectivity index (χ0) is 19.9. The van der Waals surface area contributed by atoms with Crippen LogP contribution in [0.25, 0.3) is 0 Å². The Labute approximate surface area is 157 Å². The van der Waals surface area contributed by atoms with Crippen LogP contribution in [0.1, 0.15) is 53.7 Å². The molecule has 0 bridgehead atoms. The van der Waals surface area contributed by atoms with E-state index in [0.29, 0.717) is 20.2 Å². The fourth-order valence-corrected chi connectivity index (χ4v) is 2.75. The minimum absolute atomic E-state index is 0.217. The Morgan fingerprint density at radius 1 is 0.885 bits per heavy atom. The molecule has 4 nitrogen and oxygen atoms in total. The highest BCUT2D eigenvalue weighted by molar-refractivity contribution is 7.00. The molecule has 0 aromatic heterocycles. The lowest BCUT2D eigenvalue weighted by Gasteiger charge is -2.24. The summed E-state index contributed by atoms with van der Waals surface area (Å²) in [5, 5.41) is 0. The number of ketones is 1. The zero-order valence-corrected chi connectivity index (χ0v) is 17.5. The van der Waals surface area contributed by atoms with Crippen molar-refractivity contribution in [3.05, 3.63) is 70.8 Å². The van der Waals surface area contributed by atoms with E-state index in [4.69, 9.17) is 9.30 Å². The van der Waals surface area contributed by atoms with Crippen molar-refractivity contribution in [1.29, 1.82) is 0 Å². The lowest BCUT2D eigenvalue weighted by molar-refractivity contribution is -0.155. The molecule has 0 heterocycles. The van der Waals surface area contributed by atoms with Crippen molar-refractivity contribution in [3.8, 4) is 0 Å². The molecule has 26 heavy (non-hydrogen) atoms. The van der Waals surface area contributed by atoms with Gasteiger partial charge in [-0.15, -0.1) is 0 Å². The summed E-state index contributed by atoms with van der Waals surface area (Å²) >= 11 is 0. The fraction of sp³-hybridized carbons (Fsp3) is 0.333. The smallest absolute Gasteiger partial charge is 0.321 e. The molecular formula is C21H27O4P. The van der Waals surface area contributed by atoms with Crippen molar-refractivity contribution < 1.29 is 18.9 Å². The molecule has 0 saturated heterocycles. The number of hydrogen-bond donors (Lipinski definition) is 0. The summed E-state index contributed by atoms with van der Waals surface area (Å²) in [4.78, 5) is 26.0. The number of carbonyl (C=O) groups is 2. The molecule has 0 aliphatic heterocycles. The van der Waals surface area contributed by atoms with Crippen molar-refractivity contribution in [3.63, 3.8) is 0 Å². The van der Waals surface area contributed by atoms with Gasteiger partial charge in [0.05, 0.1) is 9.12 Å². The second-order valence-corrected chi connectivity index (χ2v) is 7.01. The van der Waals surface area contributed by atoms with Crippen molar-refractivity contribution in [1.82, 2.24) is 0 Å². The van der Waals surface area contributed by atoms with Crippen LogP contribution in [-0.2, 0) is 14.1 Å². The van der Waals surface area contributed by atoms with Gasteiger partial charge in [-0.3, -0.25) is 9.59 Å². The lowest BCUT2D eigenvalue weighted by Crippen LogP contribution is -2.32. The zero-order valence-electron chi connectivity index (χ0n) is 16.0. The van der Waals surface area contributed by atoms with Gasteiger partial charge in [0.15, 0.2) is 5.78 Å². The maximum absolute atomic E-state index is 13.2. The van der Waals surface area contributed by atoms with Gasteiger partial charge in [0.25, 0.3) is 0 Å². The third-order valence-corrected chi connectivity index (χ3v) is 3.77. The van der Waals surface area contributed by atoms with Gasteiger partial charge in [-0.1, -0.05) is 48.5 Å².